The SMILES string of the molecule is CCCCCCCCCCCCOC(CCCCCCCCCCCCCO[Si]CCS)OCCCCCCCCCCCC. The molecule has 0 fully saturated rings. The number of unbranched alkanes of at least 4 members (excludes halogenated alkanes) is 28. The van der Waals surface area contributed by atoms with Crippen LogP contribution in [0.1, 0.15) is 219 Å². The molecular weight excluding hydrogens is 589 g/mol. The largest absolute Gasteiger partial charge is 0.417 e. The van der Waals surface area contributed by atoms with Crippen LogP contribution in [0.4, 0.5) is 0 Å². The number of rotatable bonds is 41. The summed E-state index contributed by atoms with van der Waals surface area (Å²) >= 11 is 4.23. The van der Waals surface area contributed by atoms with Gasteiger partial charge in [-0.05, 0) is 43.9 Å². The molecule has 2 radical (unpaired) electrons. The minimum Gasteiger partial charge on any atom is -0.417 e. The molecule has 45 heavy (non-hydrogen) atoms. The Morgan fingerprint density at radius 2 is 0.711 bits per heavy atom. The normalized spacial score (nSPS) is 11.7. The topological polar surface area (TPSA) is 27.7 Å². The first-order valence-electron chi connectivity index (χ1n) is 20.5. The van der Waals surface area contributed by atoms with Crippen molar-refractivity contribution in [3.63, 3.8) is 0 Å². The van der Waals surface area contributed by atoms with E-state index in [0.29, 0.717) is 9.76 Å². The predicted molar refractivity (Wildman–Crippen MR) is 205 cm³/mol. The third-order valence-electron chi connectivity index (χ3n) is 9.11. The molecule has 5 heteroatoms. The Morgan fingerprint density at radius 1 is 0.400 bits per heavy atom. The summed E-state index contributed by atoms with van der Waals surface area (Å²) in [6.45, 7) is 7.30. The first-order valence-corrected chi connectivity index (χ1v) is 22.3. The van der Waals surface area contributed by atoms with Crippen LogP contribution in [0, 0.1) is 0 Å². The summed E-state index contributed by atoms with van der Waals surface area (Å²) < 4.78 is 18.2. The highest BCUT2D eigenvalue weighted by Crippen LogP contribution is 2.16. The minimum atomic E-state index is 0.0241. The average molecular weight is 671 g/mol. The van der Waals surface area contributed by atoms with E-state index in [1.165, 1.54) is 199 Å². The highest BCUT2D eigenvalue weighted by atomic mass is 32.1. The zero-order valence-corrected chi connectivity index (χ0v) is 32.8. The van der Waals surface area contributed by atoms with E-state index in [-0.39, 0.29) is 6.29 Å². The zero-order chi connectivity index (χ0) is 32.6. The lowest BCUT2D eigenvalue weighted by molar-refractivity contribution is -0.148. The van der Waals surface area contributed by atoms with Gasteiger partial charge in [-0.2, -0.15) is 12.6 Å². The van der Waals surface area contributed by atoms with Gasteiger partial charge in [0.05, 0.1) is 0 Å². The van der Waals surface area contributed by atoms with Gasteiger partial charge in [0.25, 0.3) is 0 Å². The van der Waals surface area contributed by atoms with Crippen molar-refractivity contribution in [2.45, 2.75) is 232 Å². The van der Waals surface area contributed by atoms with E-state index in [2.05, 4.69) is 26.5 Å². The fraction of sp³-hybridized carbons (Fsp3) is 1.00. The number of ether oxygens (including phenoxy) is 2. The van der Waals surface area contributed by atoms with Gasteiger partial charge in [-0.25, -0.2) is 0 Å². The number of hydrogen-bond donors (Lipinski definition) is 1. The van der Waals surface area contributed by atoms with Crippen molar-refractivity contribution in [3.05, 3.63) is 0 Å². The smallest absolute Gasteiger partial charge is 0.230 e. The Balaban J connectivity index is 3.87. The molecule has 0 N–H and O–H groups in total. The maximum Gasteiger partial charge on any atom is 0.230 e. The minimum absolute atomic E-state index is 0.0241. The van der Waals surface area contributed by atoms with Crippen molar-refractivity contribution in [1.82, 2.24) is 0 Å². The van der Waals surface area contributed by atoms with Gasteiger partial charge in [-0.3, -0.25) is 0 Å². The van der Waals surface area contributed by atoms with Gasteiger partial charge < -0.3 is 13.9 Å². The van der Waals surface area contributed by atoms with E-state index in [9.17, 15) is 0 Å². The molecule has 0 saturated carbocycles. The lowest BCUT2D eigenvalue weighted by Crippen LogP contribution is -2.19. The third-order valence-corrected chi connectivity index (χ3v) is 10.6. The molecule has 0 aromatic carbocycles. The Bertz CT molecular complexity index is 484. The van der Waals surface area contributed by atoms with E-state index in [1.54, 1.807) is 0 Å². The molecule has 0 aliphatic rings. The standard InChI is InChI=1S/C40H82O3SSi/c1-3-5-7-9-11-13-19-23-27-31-35-41-40(42-36-32-28-24-20-14-12-10-8-6-4-2)34-30-26-22-18-16-15-17-21-25-29-33-37-43-45-39-38-44/h40,44H,3-39H2,1-2H3. The van der Waals surface area contributed by atoms with Gasteiger partial charge in [0.15, 0.2) is 6.29 Å². The van der Waals surface area contributed by atoms with E-state index < -0.39 is 0 Å². The first kappa shape index (κ1) is 45.4. The molecule has 0 amide bonds. The summed E-state index contributed by atoms with van der Waals surface area (Å²) in [6.07, 6.45) is 43.5. The Labute approximate surface area is 292 Å². The van der Waals surface area contributed by atoms with Crippen LogP contribution >= 0.6 is 12.6 Å². The summed E-state index contributed by atoms with van der Waals surface area (Å²) in [7, 11) is 0.649. The number of hydrogen-bond acceptors (Lipinski definition) is 4. The predicted octanol–water partition coefficient (Wildman–Crippen LogP) is 13.9. The van der Waals surface area contributed by atoms with Crippen LogP contribution < -0.4 is 0 Å². The highest BCUT2D eigenvalue weighted by Gasteiger charge is 2.09. The van der Waals surface area contributed by atoms with Gasteiger partial charge in [-0.15, -0.1) is 0 Å². The molecule has 0 atom stereocenters. The van der Waals surface area contributed by atoms with Crippen LogP contribution in [0.3, 0.4) is 0 Å². The second-order valence-corrected chi connectivity index (χ2v) is 15.2. The molecule has 0 saturated heterocycles. The summed E-state index contributed by atoms with van der Waals surface area (Å²) in [5, 5.41) is 0. The van der Waals surface area contributed by atoms with E-state index in [0.717, 1.165) is 38.0 Å². The molecule has 0 bridgehead atoms. The number of thiol groups is 1. The maximum absolute atomic E-state index is 6.30. The van der Waals surface area contributed by atoms with Gasteiger partial charge in [0, 0.05) is 19.8 Å². The quantitative estimate of drug-likeness (QED) is 0.0304. The van der Waals surface area contributed by atoms with Crippen LogP contribution in [0.2, 0.25) is 6.04 Å². The van der Waals surface area contributed by atoms with Gasteiger partial charge in [0.1, 0.15) is 0 Å². The molecule has 0 aromatic heterocycles. The second kappa shape index (κ2) is 42.5. The van der Waals surface area contributed by atoms with E-state index in [1.807, 2.05) is 0 Å². The Hall–Kier alpha value is 0.447. The molecular formula is C40H82O3SSi. The summed E-state index contributed by atoms with van der Waals surface area (Å²) in [6, 6.07) is 1.10. The monoisotopic (exact) mass is 671 g/mol. The van der Waals surface area contributed by atoms with Crippen LogP contribution in [-0.2, 0) is 13.9 Å². The average Bonchev–Trinajstić information content (AvgIpc) is 3.05. The van der Waals surface area contributed by atoms with Crippen molar-refractivity contribution in [2.75, 3.05) is 25.6 Å². The Morgan fingerprint density at radius 3 is 1.07 bits per heavy atom. The second-order valence-electron chi connectivity index (χ2n) is 13.7. The van der Waals surface area contributed by atoms with Crippen molar-refractivity contribution < 1.29 is 13.9 Å². The maximum atomic E-state index is 6.30. The summed E-state index contributed by atoms with van der Waals surface area (Å²) in [5.41, 5.74) is 0. The molecule has 0 aliphatic heterocycles. The summed E-state index contributed by atoms with van der Waals surface area (Å²) in [4.78, 5) is 0. The molecule has 0 heterocycles. The fourth-order valence-corrected chi connectivity index (χ4v) is 6.89. The van der Waals surface area contributed by atoms with E-state index >= 15 is 0 Å². The van der Waals surface area contributed by atoms with Crippen LogP contribution in [0.25, 0.3) is 0 Å². The lowest BCUT2D eigenvalue weighted by atomic mass is 10.1. The molecule has 0 rings (SSSR count). The van der Waals surface area contributed by atoms with Gasteiger partial charge in [-0.1, -0.05) is 187 Å². The van der Waals surface area contributed by atoms with E-state index in [4.69, 9.17) is 13.9 Å². The zero-order valence-electron chi connectivity index (χ0n) is 30.9. The van der Waals surface area contributed by atoms with Crippen LogP contribution in [0.15, 0.2) is 0 Å². The summed E-state index contributed by atoms with van der Waals surface area (Å²) in [5.74, 6) is 0.945. The molecule has 0 spiro atoms. The van der Waals surface area contributed by atoms with Crippen molar-refractivity contribution in [2.24, 2.45) is 0 Å². The molecule has 0 aliphatic carbocycles. The van der Waals surface area contributed by atoms with Gasteiger partial charge in [0.2, 0.25) is 9.76 Å². The third kappa shape index (κ3) is 40.5. The Kier molecular flexibility index (Phi) is 42.9. The highest BCUT2D eigenvalue weighted by molar-refractivity contribution is 7.80. The fourth-order valence-electron chi connectivity index (χ4n) is 6.09. The molecule has 0 aromatic rings. The molecule has 0 unspecified atom stereocenters. The van der Waals surface area contributed by atoms with Crippen LogP contribution in [0.5, 0.6) is 0 Å². The van der Waals surface area contributed by atoms with Crippen molar-refractivity contribution in [3.8, 4) is 0 Å². The first-order chi connectivity index (χ1) is 22.3. The van der Waals surface area contributed by atoms with Crippen LogP contribution in [-0.4, -0.2) is 41.6 Å². The van der Waals surface area contributed by atoms with Crippen molar-refractivity contribution >= 4 is 22.4 Å². The lowest BCUT2D eigenvalue weighted by Gasteiger charge is -2.19. The van der Waals surface area contributed by atoms with Crippen molar-refractivity contribution in [1.29, 1.82) is 0 Å². The molecule has 3 nitrogen and oxygen atoms in total. The van der Waals surface area contributed by atoms with Gasteiger partial charge >= 0.3 is 0 Å². The molecule has 270 valence electrons.